The summed E-state index contributed by atoms with van der Waals surface area (Å²) in [6.45, 7) is 1.32. The molecule has 7 nitrogen and oxygen atoms in total. The summed E-state index contributed by atoms with van der Waals surface area (Å²) in [7, 11) is 1.62. The van der Waals surface area contributed by atoms with E-state index in [-0.39, 0.29) is 24.4 Å². The average Bonchev–Trinajstić information content (AvgIpc) is 3.44. The fraction of sp³-hybridized carbons (Fsp3) is 0.241. The molecule has 2 aliphatic heterocycles. The summed E-state index contributed by atoms with van der Waals surface area (Å²) in [5.41, 5.74) is 4.92. The second-order valence-corrected chi connectivity index (χ2v) is 9.40. The average molecular weight is 482 g/mol. The molecule has 0 saturated heterocycles. The number of benzene rings is 3. The van der Waals surface area contributed by atoms with Crippen LogP contribution in [0.2, 0.25) is 0 Å². The molecular formula is C29H27N3O4. The number of nitrogens with one attached hydrogen (secondary N) is 1. The van der Waals surface area contributed by atoms with Gasteiger partial charge in [-0.3, -0.25) is 19.4 Å². The molecule has 182 valence electrons. The number of fused-ring (bicyclic) bond motifs is 3. The van der Waals surface area contributed by atoms with Gasteiger partial charge in [0.15, 0.2) is 0 Å². The number of hydrogen-bond acceptors (Lipinski definition) is 5. The van der Waals surface area contributed by atoms with Crippen LogP contribution in [0.4, 0.5) is 0 Å². The molecule has 0 aliphatic carbocycles. The number of hydrogen-bond donors (Lipinski definition) is 2. The standard InChI is InChI=1S/C29H27N3O4/c1-36-19-10-11-25-23(14-19)24(15-30-25)27(33)17-31-13-12-18-6-2-3-7-20(18)26(31)16-32-28(34)21-8-4-5-9-22(21)29(32)35/h2-11,14-15,26-27,30,33H,12-13,16-17H2,1H3/t26-,27+/m1/s1. The van der Waals surface area contributed by atoms with E-state index in [0.717, 1.165) is 34.2 Å². The molecule has 7 heteroatoms. The molecule has 0 saturated carbocycles. The molecule has 0 radical (unpaired) electrons. The highest BCUT2D eigenvalue weighted by Crippen LogP contribution is 2.35. The highest BCUT2D eigenvalue weighted by molar-refractivity contribution is 6.21. The van der Waals surface area contributed by atoms with Crippen molar-refractivity contribution in [1.82, 2.24) is 14.8 Å². The van der Waals surface area contributed by atoms with Crippen molar-refractivity contribution < 1.29 is 19.4 Å². The van der Waals surface area contributed by atoms with Crippen molar-refractivity contribution in [3.63, 3.8) is 0 Å². The zero-order valence-corrected chi connectivity index (χ0v) is 20.0. The Morgan fingerprint density at radius 3 is 2.50 bits per heavy atom. The Bertz CT molecular complexity index is 1440. The van der Waals surface area contributed by atoms with Crippen LogP contribution in [0, 0.1) is 0 Å². The molecule has 2 aliphatic rings. The fourth-order valence-electron chi connectivity index (χ4n) is 5.56. The van der Waals surface area contributed by atoms with E-state index in [1.807, 2.05) is 36.5 Å². The van der Waals surface area contributed by atoms with Gasteiger partial charge in [-0.1, -0.05) is 36.4 Å². The molecule has 2 atom stereocenters. The quantitative estimate of drug-likeness (QED) is 0.405. The van der Waals surface area contributed by atoms with E-state index in [4.69, 9.17) is 4.74 Å². The van der Waals surface area contributed by atoms with Gasteiger partial charge in [0.1, 0.15) is 5.75 Å². The van der Waals surface area contributed by atoms with Crippen LogP contribution in [-0.4, -0.2) is 58.4 Å². The number of methoxy groups -OCH3 is 1. The van der Waals surface area contributed by atoms with Gasteiger partial charge < -0.3 is 14.8 Å². The number of ether oxygens (including phenoxy) is 1. The second kappa shape index (κ2) is 8.93. The molecule has 0 fully saturated rings. The Morgan fingerprint density at radius 2 is 1.75 bits per heavy atom. The number of β-amino-alcohol motifs (C(OH)–C–C–N with tert-alkyl or cyclic N) is 1. The van der Waals surface area contributed by atoms with Gasteiger partial charge >= 0.3 is 0 Å². The van der Waals surface area contributed by atoms with Crippen molar-refractivity contribution in [2.75, 3.05) is 26.7 Å². The van der Waals surface area contributed by atoms with E-state index in [9.17, 15) is 14.7 Å². The van der Waals surface area contributed by atoms with E-state index in [2.05, 4.69) is 22.0 Å². The molecule has 4 aromatic rings. The third-order valence-corrected chi connectivity index (χ3v) is 7.44. The van der Waals surface area contributed by atoms with Crippen LogP contribution < -0.4 is 4.74 Å². The van der Waals surface area contributed by atoms with E-state index in [1.54, 1.807) is 31.4 Å². The van der Waals surface area contributed by atoms with Crippen molar-refractivity contribution in [2.24, 2.45) is 0 Å². The number of imide groups is 1. The summed E-state index contributed by atoms with van der Waals surface area (Å²) >= 11 is 0. The highest BCUT2D eigenvalue weighted by Gasteiger charge is 2.39. The minimum atomic E-state index is -0.763. The van der Waals surface area contributed by atoms with Crippen LogP contribution in [0.1, 0.15) is 49.6 Å². The lowest BCUT2D eigenvalue weighted by molar-refractivity contribution is 0.0489. The first-order chi connectivity index (χ1) is 17.5. The molecule has 2 amide bonds. The smallest absolute Gasteiger partial charge is 0.261 e. The van der Waals surface area contributed by atoms with Crippen molar-refractivity contribution in [3.05, 3.63) is 101 Å². The summed E-state index contributed by atoms with van der Waals surface area (Å²) in [6, 6.07) is 20.7. The number of carbonyl (C=O) groups is 2. The van der Waals surface area contributed by atoms with Crippen molar-refractivity contribution in [2.45, 2.75) is 18.6 Å². The predicted molar refractivity (Wildman–Crippen MR) is 136 cm³/mol. The first kappa shape index (κ1) is 22.5. The lowest BCUT2D eigenvalue weighted by Crippen LogP contribution is -2.45. The maximum atomic E-state index is 13.1. The molecule has 1 aromatic heterocycles. The summed E-state index contributed by atoms with van der Waals surface area (Å²) in [5.74, 6) is 0.205. The van der Waals surface area contributed by atoms with Gasteiger partial charge in [0.2, 0.25) is 0 Å². The maximum Gasteiger partial charge on any atom is 0.261 e. The largest absolute Gasteiger partial charge is 0.497 e. The minimum absolute atomic E-state index is 0.216. The summed E-state index contributed by atoms with van der Waals surface area (Å²) < 4.78 is 5.38. The van der Waals surface area contributed by atoms with Gasteiger partial charge in [-0.25, -0.2) is 0 Å². The van der Waals surface area contributed by atoms with Crippen LogP contribution in [-0.2, 0) is 6.42 Å². The molecular weight excluding hydrogens is 454 g/mol. The second-order valence-electron chi connectivity index (χ2n) is 9.40. The van der Waals surface area contributed by atoms with Crippen molar-refractivity contribution in [3.8, 4) is 5.75 Å². The van der Waals surface area contributed by atoms with Gasteiger partial charge in [0.25, 0.3) is 11.8 Å². The van der Waals surface area contributed by atoms with E-state index < -0.39 is 6.10 Å². The number of aromatic amines is 1. The Hall–Kier alpha value is -3.94. The van der Waals surface area contributed by atoms with Gasteiger partial charge in [0, 0.05) is 42.3 Å². The Morgan fingerprint density at radius 1 is 1.03 bits per heavy atom. The molecule has 3 aromatic carbocycles. The summed E-state index contributed by atoms with van der Waals surface area (Å²) in [6.07, 6.45) is 1.91. The van der Waals surface area contributed by atoms with Gasteiger partial charge in [-0.05, 0) is 47.9 Å². The van der Waals surface area contributed by atoms with E-state index in [1.165, 1.54) is 10.5 Å². The van der Waals surface area contributed by atoms with Crippen molar-refractivity contribution in [1.29, 1.82) is 0 Å². The monoisotopic (exact) mass is 481 g/mol. The normalized spacial score (nSPS) is 18.4. The van der Waals surface area contributed by atoms with Crippen molar-refractivity contribution >= 4 is 22.7 Å². The molecule has 3 heterocycles. The number of aliphatic hydroxyl groups is 1. The number of nitrogens with zero attached hydrogens (tertiary/aromatic N) is 2. The zero-order valence-electron chi connectivity index (χ0n) is 20.0. The number of carbonyl (C=O) groups excluding carboxylic acids is 2. The number of aliphatic hydroxyl groups excluding tert-OH is 1. The molecule has 0 unspecified atom stereocenters. The minimum Gasteiger partial charge on any atom is -0.497 e. The van der Waals surface area contributed by atoms with Crippen LogP contribution >= 0.6 is 0 Å². The number of H-pyrrole nitrogens is 1. The first-order valence-corrected chi connectivity index (χ1v) is 12.2. The molecule has 2 N–H and O–H groups in total. The summed E-state index contributed by atoms with van der Waals surface area (Å²) in [5, 5.41) is 12.3. The van der Waals surface area contributed by atoms with Gasteiger partial charge in [-0.2, -0.15) is 0 Å². The number of aromatic nitrogens is 1. The first-order valence-electron chi connectivity index (χ1n) is 12.2. The third kappa shape index (κ3) is 3.68. The number of amides is 2. The number of rotatable bonds is 6. The SMILES string of the molecule is COc1ccc2[nH]cc([C@@H](O)CN3CCc4ccccc4[C@H]3CN3C(=O)c4ccccc4C3=O)c2c1. The van der Waals surface area contributed by atoms with Crippen LogP contribution in [0.3, 0.4) is 0 Å². The fourth-order valence-corrected chi connectivity index (χ4v) is 5.56. The third-order valence-electron chi connectivity index (χ3n) is 7.44. The van der Waals surface area contributed by atoms with Crippen LogP contribution in [0.5, 0.6) is 5.75 Å². The molecule has 36 heavy (non-hydrogen) atoms. The Balaban J connectivity index is 1.31. The Kier molecular flexibility index (Phi) is 5.59. The van der Waals surface area contributed by atoms with Gasteiger partial charge in [-0.15, -0.1) is 0 Å². The van der Waals surface area contributed by atoms with E-state index >= 15 is 0 Å². The molecule has 0 bridgehead atoms. The predicted octanol–water partition coefficient (Wildman–Crippen LogP) is 4.11. The zero-order chi connectivity index (χ0) is 24.8. The van der Waals surface area contributed by atoms with Crippen LogP contribution in [0.15, 0.2) is 72.9 Å². The lowest BCUT2D eigenvalue weighted by Gasteiger charge is -2.39. The molecule has 6 rings (SSSR count). The topological polar surface area (TPSA) is 85.9 Å². The molecule has 0 spiro atoms. The Labute approximate surface area is 208 Å². The van der Waals surface area contributed by atoms with Gasteiger partial charge in [0.05, 0.1) is 30.4 Å². The lowest BCUT2D eigenvalue weighted by atomic mass is 9.91. The van der Waals surface area contributed by atoms with Crippen LogP contribution in [0.25, 0.3) is 10.9 Å². The summed E-state index contributed by atoms with van der Waals surface area (Å²) in [4.78, 5) is 33.1. The highest BCUT2D eigenvalue weighted by atomic mass is 16.5. The van der Waals surface area contributed by atoms with E-state index in [0.29, 0.717) is 24.2 Å². The maximum absolute atomic E-state index is 13.1.